The number of guanidine groups is 1. The molecule has 7 heteroatoms. The highest BCUT2D eigenvalue weighted by Crippen LogP contribution is 2.25. The van der Waals surface area contributed by atoms with Crippen LogP contribution in [0, 0.1) is 5.82 Å². The van der Waals surface area contributed by atoms with Gasteiger partial charge in [0.15, 0.2) is 5.96 Å². The summed E-state index contributed by atoms with van der Waals surface area (Å²) in [4.78, 5) is 8.12. The summed E-state index contributed by atoms with van der Waals surface area (Å²) in [6, 6.07) is 11.3. The first-order valence-electron chi connectivity index (χ1n) is 9.30. The van der Waals surface area contributed by atoms with Crippen molar-refractivity contribution in [1.29, 1.82) is 0 Å². The Bertz CT molecular complexity index is 717. The molecule has 0 saturated carbocycles. The number of aliphatic imine (C=N–C) groups is 1. The highest BCUT2D eigenvalue weighted by Gasteiger charge is 2.23. The maximum Gasteiger partial charge on any atom is 0.191 e. The summed E-state index contributed by atoms with van der Waals surface area (Å²) in [6.07, 6.45) is 0.746. The molecule has 27 heavy (non-hydrogen) atoms. The van der Waals surface area contributed by atoms with Gasteiger partial charge in [-0.2, -0.15) is 0 Å². The van der Waals surface area contributed by atoms with E-state index in [1.807, 2.05) is 6.07 Å². The molecule has 1 saturated heterocycles. The largest absolute Gasteiger partial charge is 0.379 e. The molecule has 0 amide bonds. The summed E-state index contributed by atoms with van der Waals surface area (Å²) in [6.45, 7) is 4.92. The van der Waals surface area contributed by atoms with Crippen LogP contribution in [0.2, 0.25) is 0 Å². The molecule has 1 aliphatic heterocycles. The van der Waals surface area contributed by atoms with E-state index in [0.717, 1.165) is 50.8 Å². The van der Waals surface area contributed by atoms with E-state index in [4.69, 9.17) is 4.74 Å². The minimum Gasteiger partial charge on any atom is -0.379 e. The first-order chi connectivity index (χ1) is 13.3. The molecule has 1 aliphatic rings. The summed E-state index contributed by atoms with van der Waals surface area (Å²) >= 11 is 1.78. The molecule has 1 fully saturated rings. The lowest BCUT2D eigenvalue weighted by Crippen LogP contribution is -2.46. The van der Waals surface area contributed by atoms with Gasteiger partial charge >= 0.3 is 0 Å². The molecular formula is C20H27FN4OS. The van der Waals surface area contributed by atoms with Crippen molar-refractivity contribution in [2.75, 3.05) is 46.4 Å². The van der Waals surface area contributed by atoms with Gasteiger partial charge in [0.25, 0.3) is 0 Å². The van der Waals surface area contributed by atoms with E-state index in [0.29, 0.717) is 12.6 Å². The summed E-state index contributed by atoms with van der Waals surface area (Å²) in [5.41, 5.74) is 0.975. The summed E-state index contributed by atoms with van der Waals surface area (Å²) < 4.78 is 18.8. The smallest absolute Gasteiger partial charge is 0.191 e. The van der Waals surface area contributed by atoms with E-state index < -0.39 is 0 Å². The summed E-state index contributed by atoms with van der Waals surface area (Å²) in [5, 5.41) is 8.88. The van der Waals surface area contributed by atoms with E-state index in [9.17, 15) is 4.39 Å². The third-order valence-corrected chi connectivity index (χ3v) is 5.61. The fraction of sp³-hybridized carbons (Fsp3) is 0.450. The van der Waals surface area contributed by atoms with Gasteiger partial charge < -0.3 is 15.4 Å². The number of rotatable bonds is 7. The first-order valence-corrected chi connectivity index (χ1v) is 10.2. The third kappa shape index (κ3) is 6.02. The van der Waals surface area contributed by atoms with Crippen LogP contribution in [0.15, 0.2) is 46.8 Å². The summed E-state index contributed by atoms with van der Waals surface area (Å²) in [7, 11) is 1.77. The number of hydrogen-bond acceptors (Lipinski definition) is 4. The van der Waals surface area contributed by atoms with Crippen molar-refractivity contribution in [3.63, 3.8) is 0 Å². The predicted molar refractivity (Wildman–Crippen MR) is 109 cm³/mol. The van der Waals surface area contributed by atoms with E-state index in [-0.39, 0.29) is 5.82 Å². The van der Waals surface area contributed by atoms with E-state index in [1.165, 1.54) is 10.9 Å². The van der Waals surface area contributed by atoms with Crippen molar-refractivity contribution in [3.8, 4) is 0 Å². The van der Waals surface area contributed by atoms with Crippen LogP contribution >= 0.6 is 11.3 Å². The molecule has 5 nitrogen and oxygen atoms in total. The topological polar surface area (TPSA) is 48.9 Å². The Hall–Kier alpha value is -1.96. The Morgan fingerprint density at radius 2 is 2.11 bits per heavy atom. The van der Waals surface area contributed by atoms with Crippen LogP contribution in [-0.2, 0) is 11.2 Å². The maximum atomic E-state index is 13.3. The second kappa shape index (κ2) is 10.4. The summed E-state index contributed by atoms with van der Waals surface area (Å²) in [5.74, 6) is 0.570. The van der Waals surface area contributed by atoms with Gasteiger partial charge in [-0.25, -0.2) is 4.39 Å². The highest BCUT2D eigenvalue weighted by atomic mass is 32.1. The van der Waals surface area contributed by atoms with Crippen LogP contribution in [0.1, 0.15) is 16.5 Å². The maximum absolute atomic E-state index is 13.3. The zero-order valence-electron chi connectivity index (χ0n) is 15.7. The van der Waals surface area contributed by atoms with Crippen molar-refractivity contribution in [1.82, 2.24) is 15.5 Å². The number of morpholine rings is 1. The minimum absolute atomic E-state index is 0.195. The second-order valence-electron chi connectivity index (χ2n) is 6.44. The molecule has 3 rings (SSSR count). The molecule has 2 aromatic rings. The average Bonchev–Trinajstić information content (AvgIpc) is 3.22. The fourth-order valence-electron chi connectivity index (χ4n) is 3.21. The van der Waals surface area contributed by atoms with Crippen LogP contribution in [0.25, 0.3) is 0 Å². The average molecular weight is 391 g/mol. The minimum atomic E-state index is -0.195. The Kier molecular flexibility index (Phi) is 7.62. The van der Waals surface area contributed by atoms with Gasteiger partial charge in [0, 0.05) is 38.1 Å². The molecule has 2 heterocycles. The van der Waals surface area contributed by atoms with E-state index in [1.54, 1.807) is 30.5 Å². The molecule has 0 bridgehead atoms. The van der Waals surface area contributed by atoms with Crippen LogP contribution in [0.5, 0.6) is 0 Å². The number of thiophene rings is 1. The number of hydrogen-bond donors (Lipinski definition) is 2. The van der Waals surface area contributed by atoms with Gasteiger partial charge in [0.05, 0.1) is 19.3 Å². The van der Waals surface area contributed by atoms with Gasteiger partial charge in [0.1, 0.15) is 5.82 Å². The third-order valence-electron chi connectivity index (χ3n) is 4.64. The molecule has 0 radical (unpaired) electrons. The van der Waals surface area contributed by atoms with Gasteiger partial charge in [-0.1, -0.05) is 18.2 Å². The first kappa shape index (κ1) is 19.8. The van der Waals surface area contributed by atoms with Crippen LogP contribution in [0.4, 0.5) is 4.39 Å². The number of halogens is 1. The zero-order valence-corrected chi connectivity index (χ0v) is 16.5. The molecule has 1 unspecified atom stereocenters. The van der Waals surface area contributed by atoms with E-state index in [2.05, 4.69) is 38.0 Å². The lowest BCUT2D eigenvalue weighted by molar-refractivity contribution is 0.0177. The van der Waals surface area contributed by atoms with Crippen LogP contribution in [-0.4, -0.2) is 57.3 Å². The highest BCUT2D eigenvalue weighted by molar-refractivity contribution is 7.10. The Morgan fingerprint density at radius 1 is 1.26 bits per heavy atom. The number of ether oxygens (including phenoxy) is 1. The van der Waals surface area contributed by atoms with Crippen LogP contribution < -0.4 is 10.6 Å². The number of nitrogens with one attached hydrogen (secondary N) is 2. The molecule has 1 atom stereocenters. The van der Waals surface area contributed by atoms with Gasteiger partial charge in [0.2, 0.25) is 0 Å². The Balaban J connectivity index is 1.51. The van der Waals surface area contributed by atoms with Crippen molar-refractivity contribution in [3.05, 3.63) is 58.0 Å². The van der Waals surface area contributed by atoms with Gasteiger partial charge in [-0.05, 0) is 35.6 Å². The number of nitrogens with zero attached hydrogens (tertiary/aromatic N) is 2. The van der Waals surface area contributed by atoms with Gasteiger partial charge in [-0.3, -0.25) is 9.89 Å². The zero-order chi connectivity index (χ0) is 18.9. The van der Waals surface area contributed by atoms with Crippen molar-refractivity contribution in [2.45, 2.75) is 12.5 Å². The molecule has 1 aromatic heterocycles. The lowest BCUT2D eigenvalue weighted by atomic mass is 10.1. The van der Waals surface area contributed by atoms with Crippen molar-refractivity contribution in [2.24, 2.45) is 4.99 Å². The molecule has 0 aliphatic carbocycles. The quantitative estimate of drug-likeness (QED) is 0.564. The molecule has 146 valence electrons. The Labute approximate surface area is 164 Å². The van der Waals surface area contributed by atoms with Crippen molar-refractivity contribution < 1.29 is 9.13 Å². The van der Waals surface area contributed by atoms with Gasteiger partial charge in [-0.15, -0.1) is 11.3 Å². The SMILES string of the molecule is CN=C(NCCc1cccc(F)c1)NCC(c1cccs1)N1CCOCC1. The molecule has 0 spiro atoms. The molecule has 2 N–H and O–H groups in total. The normalized spacial score (nSPS) is 16.9. The molecular weight excluding hydrogens is 363 g/mol. The second-order valence-corrected chi connectivity index (χ2v) is 7.42. The molecule has 1 aromatic carbocycles. The lowest BCUT2D eigenvalue weighted by Gasteiger charge is -2.34. The van der Waals surface area contributed by atoms with E-state index >= 15 is 0 Å². The predicted octanol–water partition coefficient (Wildman–Crippen LogP) is 2.67. The fourth-order valence-corrected chi connectivity index (χ4v) is 4.07. The van der Waals surface area contributed by atoms with Crippen molar-refractivity contribution >= 4 is 17.3 Å². The number of benzene rings is 1. The monoisotopic (exact) mass is 390 g/mol. The Morgan fingerprint density at radius 3 is 2.81 bits per heavy atom. The van der Waals surface area contributed by atoms with Crippen LogP contribution in [0.3, 0.4) is 0 Å². The standard InChI is InChI=1S/C20H27FN4OS/c1-22-20(23-8-7-16-4-2-5-17(21)14-16)24-15-18(19-6-3-13-27-19)25-9-11-26-12-10-25/h2-6,13-14,18H,7-12,15H2,1H3,(H2,22,23,24).